The molecule has 0 unspecified atom stereocenters. The van der Waals surface area contributed by atoms with Crippen molar-refractivity contribution in [1.82, 2.24) is 10.2 Å². The van der Waals surface area contributed by atoms with Crippen molar-refractivity contribution in [3.8, 4) is 0 Å². The number of hydrogen-bond acceptors (Lipinski definition) is 3. The van der Waals surface area contributed by atoms with Crippen LogP contribution in [0, 0.1) is 0 Å². The second-order valence-electron chi connectivity index (χ2n) is 3.52. The lowest BCUT2D eigenvalue weighted by atomic mass is 10.2. The van der Waals surface area contributed by atoms with Gasteiger partial charge in [-0.1, -0.05) is 19.1 Å². The van der Waals surface area contributed by atoms with Gasteiger partial charge in [-0.2, -0.15) is 0 Å². The van der Waals surface area contributed by atoms with Crippen LogP contribution in [0.2, 0.25) is 0 Å². The molecule has 0 aromatic rings. The molecule has 0 aliphatic heterocycles. The summed E-state index contributed by atoms with van der Waals surface area (Å²) in [5.74, 6) is 0.0850. The van der Waals surface area contributed by atoms with Crippen molar-refractivity contribution >= 4 is 23.1 Å². The third-order valence-corrected chi connectivity index (χ3v) is 2.21. The van der Waals surface area contributed by atoms with Crippen molar-refractivity contribution in [2.75, 3.05) is 26.7 Å². The van der Waals surface area contributed by atoms with Gasteiger partial charge in [-0.05, 0) is 25.9 Å². The number of carbonyl (C=O) groups is 1. The number of nitrogens with two attached hydrogens (primary N) is 1. The molecule has 15 heavy (non-hydrogen) atoms. The van der Waals surface area contributed by atoms with Gasteiger partial charge in [-0.15, -0.1) is 0 Å². The van der Waals surface area contributed by atoms with Crippen LogP contribution in [-0.4, -0.2) is 42.5 Å². The molecule has 0 aliphatic carbocycles. The third-order valence-electron chi connectivity index (χ3n) is 2.08. The van der Waals surface area contributed by atoms with Crippen LogP contribution in [0.1, 0.15) is 26.2 Å². The minimum atomic E-state index is 0.0850. The predicted octanol–water partition coefficient (Wildman–Crippen LogP) is 0.511. The lowest BCUT2D eigenvalue weighted by Crippen LogP contribution is -2.34. The Morgan fingerprint density at radius 3 is 2.60 bits per heavy atom. The van der Waals surface area contributed by atoms with Crippen LogP contribution in [0.5, 0.6) is 0 Å². The molecular weight excluding hydrogens is 210 g/mol. The second kappa shape index (κ2) is 8.61. The van der Waals surface area contributed by atoms with E-state index in [0.29, 0.717) is 18.0 Å². The van der Waals surface area contributed by atoms with Crippen LogP contribution in [-0.2, 0) is 4.79 Å². The Hall–Kier alpha value is -0.680. The lowest BCUT2D eigenvalue weighted by Gasteiger charge is -2.20. The van der Waals surface area contributed by atoms with Gasteiger partial charge in [0.05, 0.1) is 4.99 Å². The first-order valence-corrected chi connectivity index (χ1v) is 5.72. The van der Waals surface area contributed by atoms with Crippen molar-refractivity contribution in [2.24, 2.45) is 5.73 Å². The zero-order valence-corrected chi connectivity index (χ0v) is 10.4. The Bertz CT molecular complexity index is 209. The second-order valence-corrected chi connectivity index (χ2v) is 4.04. The number of amides is 1. The lowest BCUT2D eigenvalue weighted by molar-refractivity contribution is -0.120. The Labute approximate surface area is 97.2 Å². The molecule has 0 aromatic heterocycles. The van der Waals surface area contributed by atoms with E-state index in [-0.39, 0.29) is 5.91 Å². The first-order chi connectivity index (χ1) is 7.10. The molecule has 0 atom stereocenters. The van der Waals surface area contributed by atoms with E-state index >= 15 is 0 Å². The van der Waals surface area contributed by atoms with E-state index in [1.54, 1.807) is 7.05 Å². The molecular formula is C10H21N3OS. The van der Waals surface area contributed by atoms with Gasteiger partial charge < -0.3 is 11.1 Å². The van der Waals surface area contributed by atoms with Gasteiger partial charge in [0.1, 0.15) is 0 Å². The Morgan fingerprint density at radius 2 is 2.13 bits per heavy atom. The fraction of sp³-hybridized carbons (Fsp3) is 0.800. The first kappa shape index (κ1) is 14.3. The normalized spacial score (nSPS) is 10.3. The number of nitrogens with zero attached hydrogens (tertiary/aromatic N) is 1. The molecule has 3 N–H and O–H groups in total. The zero-order valence-electron chi connectivity index (χ0n) is 9.58. The monoisotopic (exact) mass is 231 g/mol. The van der Waals surface area contributed by atoms with Crippen molar-refractivity contribution in [1.29, 1.82) is 0 Å². The smallest absolute Gasteiger partial charge is 0.219 e. The van der Waals surface area contributed by atoms with Crippen molar-refractivity contribution in [2.45, 2.75) is 26.2 Å². The maximum absolute atomic E-state index is 11.0. The van der Waals surface area contributed by atoms with Gasteiger partial charge in [0, 0.05) is 20.0 Å². The van der Waals surface area contributed by atoms with Crippen LogP contribution in [0.15, 0.2) is 0 Å². The van der Waals surface area contributed by atoms with Crippen LogP contribution >= 0.6 is 12.2 Å². The highest BCUT2D eigenvalue weighted by molar-refractivity contribution is 7.80. The summed E-state index contributed by atoms with van der Waals surface area (Å²) in [5, 5.41) is 2.60. The molecule has 0 spiro atoms. The Morgan fingerprint density at radius 1 is 1.47 bits per heavy atom. The van der Waals surface area contributed by atoms with Crippen molar-refractivity contribution in [3.63, 3.8) is 0 Å². The van der Waals surface area contributed by atoms with E-state index < -0.39 is 0 Å². The fourth-order valence-corrected chi connectivity index (χ4v) is 1.58. The van der Waals surface area contributed by atoms with Crippen LogP contribution in [0.3, 0.4) is 0 Å². The summed E-state index contributed by atoms with van der Waals surface area (Å²) in [6, 6.07) is 0. The van der Waals surface area contributed by atoms with E-state index in [1.807, 2.05) is 0 Å². The van der Waals surface area contributed by atoms with E-state index in [1.165, 1.54) is 0 Å². The number of hydrogen-bond donors (Lipinski definition) is 2. The summed E-state index contributed by atoms with van der Waals surface area (Å²) >= 11 is 4.87. The average Bonchev–Trinajstić information content (AvgIpc) is 2.16. The summed E-state index contributed by atoms with van der Waals surface area (Å²) in [5.41, 5.74) is 5.49. The highest BCUT2D eigenvalue weighted by Gasteiger charge is 2.06. The molecule has 5 heteroatoms. The molecule has 0 saturated heterocycles. The van der Waals surface area contributed by atoms with E-state index in [2.05, 4.69) is 17.1 Å². The molecule has 0 aromatic carbocycles. The van der Waals surface area contributed by atoms with Gasteiger partial charge in [0.2, 0.25) is 5.91 Å². The minimum Gasteiger partial charge on any atom is -0.392 e. The quantitative estimate of drug-likeness (QED) is 0.598. The van der Waals surface area contributed by atoms with Crippen LogP contribution in [0.25, 0.3) is 0 Å². The number of thiocarbonyl (C=S) groups is 1. The molecule has 0 heterocycles. The summed E-state index contributed by atoms with van der Waals surface area (Å²) in [7, 11) is 1.65. The van der Waals surface area contributed by atoms with Crippen molar-refractivity contribution in [3.05, 3.63) is 0 Å². The van der Waals surface area contributed by atoms with E-state index in [4.69, 9.17) is 18.0 Å². The standard InChI is InChI=1S/C10H21N3OS/c1-3-6-13(8-9(11)15)7-4-5-10(14)12-2/h3-8H2,1-2H3,(H2,11,15)(H,12,14). The minimum absolute atomic E-state index is 0.0850. The van der Waals surface area contributed by atoms with E-state index in [9.17, 15) is 4.79 Å². The van der Waals surface area contributed by atoms with Crippen molar-refractivity contribution < 1.29 is 4.79 Å². The molecule has 0 bridgehead atoms. The number of rotatable bonds is 8. The Balaban J connectivity index is 3.74. The summed E-state index contributed by atoms with van der Waals surface area (Å²) in [4.78, 5) is 13.7. The maximum atomic E-state index is 11.0. The molecule has 0 radical (unpaired) electrons. The Kier molecular flexibility index (Phi) is 8.22. The maximum Gasteiger partial charge on any atom is 0.219 e. The molecule has 4 nitrogen and oxygen atoms in total. The molecule has 0 saturated carbocycles. The average molecular weight is 231 g/mol. The first-order valence-electron chi connectivity index (χ1n) is 5.31. The third kappa shape index (κ3) is 8.32. The predicted molar refractivity (Wildman–Crippen MR) is 66.8 cm³/mol. The topological polar surface area (TPSA) is 58.4 Å². The summed E-state index contributed by atoms with van der Waals surface area (Å²) in [6.07, 6.45) is 2.49. The molecule has 0 aliphatic rings. The van der Waals surface area contributed by atoms with Crippen LogP contribution in [0.4, 0.5) is 0 Å². The van der Waals surface area contributed by atoms with Crippen LogP contribution < -0.4 is 11.1 Å². The largest absolute Gasteiger partial charge is 0.392 e. The molecule has 0 rings (SSSR count). The van der Waals surface area contributed by atoms with Gasteiger partial charge in [-0.3, -0.25) is 9.69 Å². The SMILES string of the molecule is CCCN(CCCC(=O)NC)CC(N)=S. The van der Waals surface area contributed by atoms with Gasteiger partial charge in [0.15, 0.2) is 0 Å². The summed E-state index contributed by atoms with van der Waals surface area (Å²) < 4.78 is 0. The molecule has 88 valence electrons. The number of carbonyl (C=O) groups excluding carboxylic acids is 1. The fourth-order valence-electron chi connectivity index (χ4n) is 1.39. The summed E-state index contributed by atoms with van der Waals surface area (Å²) in [6.45, 7) is 4.62. The molecule has 0 fully saturated rings. The number of nitrogens with one attached hydrogen (secondary N) is 1. The van der Waals surface area contributed by atoms with E-state index in [0.717, 1.165) is 25.9 Å². The zero-order chi connectivity index (χ0) is 11.7. The highest BCUT2D eigenvalue weighted by Crippen LogP contribution is 1.97. The van der Waals surface area contributed by atoms with Gasteiger partial charge in [-0.25, -0.2) is 0 Å². The van der Waals surface area contributed by atoms with Gasteiger partial charge >= 0.3 is 0 Å². The molecule has 1 amide bonds. The highest BCUT2D eigenvalue weighted by atomic mass is 32.1. The van der Waals surface area contributed by atoms with Gasteiger partial charge in [0.25, 0.3) is 0 Å².